The molecule has 0 aliphatic heterocycles. The highest BCUT2D eigenvalue weighted by molar-refractivity contribution is 7.98. The van der Waals surface area contributed by atoms with Crippen LogP contribution in [0.1, 0.15) is 33.6 Å². The molecule has 0 unspecified atom stereocenters. The van der Waals surface area contributed by atoms with Gasteiger partial charge in [-0.05, 0) is 52.2 Å². The molecule has 0 aromatic heterocycles. The molecule has 0 bridgehead atoms. The highest BCUT2D eigenvalue weighted by Gasteiger charge is 2.15. The van der Waals surface area contributed by atoms with Crippen LogP contribution >= 0.6 is 11.8 Å². The summed E-state index contributed by atoms with van der Waals surface area (Å²) < 4.78 is 5.12. The van der Waals surface area contributed by atoms with Gasteiger partial charge in [0.2, 0.25) is 0 Å². The van der Waals surface area contributed by atoms with Crippen molar-refractivity contribution in [2.24, 2.45) is 0 Å². The van der Waals surface area contributed by atoms with E-state index >= 15 is 0 Å². The molecular formula is C12H26N2O2S. The molecule has 0 heterocycles. The third-order valence-corrected chi connectivity index (χ3v) is 2.62. The zero-order chi connectivity index (χ0) is 13.1. The Labute approximate surface area is 109 Å². The predicted octanol–water partition coefficient (Wildman–Crippen LogP) is 2.24. The number of amides is 1. The van der Waals surface area contributed by atoms with E-state index in [1.165, 1.54) is 18.6 Å². The third-order valence-electron chi connectivity index (χ3n) is 1.92. The van der Waals surface area contributed by atoms with Crippen molar-refractivity contribution in [3.8, 4) is 0 Å². The lowest BCUT2D eigenvalue weighted by Gasteiger charge is -2.19. The molecule has 0 saturated carbocycles. The summed E-state index contributed by atoms with van der Waals surface area (Å²) in [5.74, 6) is 1.22. The highest BCUT2D eigenvalue weighted by Crippen LogP contribution is 2.05. The average molecular weight is 262 g/mol. The number of carbonyl (C=O) groups excluding carboxylic acids is 1. The van der Waals surface area contributed by atoms with Gasteiger partial charge in [-0.25, -0.2) is 4.79 Å². The van der Waals surface area contributed by atoms with Crippen molar-refractivity contribution in [3.63, 3.8) is 0 Å². The first-order valence-electron chi connectivity index (χ1n) is 6.12. The van der Waals surface area contributed by atoms with Gasteiger partial charge in [0, 0.05) is 13.1 Å². The van der Waals surface area contributed by atoms with Gasteiger partial charge in [-0.3, -0.25) is 0 Å². The lowest BCUT2D eigenvalue weighted by Crippen LogP contribution is -2.36. The van der Waals surface area contributed by atoms with Gasteiger partial charge in [0.05, 0.1) is 0 Å². The Balaban J connectivity index is 3.25. The van der Waals surface area contributed by atoms with E-state index in [-0.39, 0.29) is 6.09 Å². The minimum absolute atomic E-state index is 0.346. The average Bonchev–Trinajstić information content (AvgIpc) is 2.19. The Hall–Kier alpha value is -0.420. The number of thioether (sulfide) groups is 1. The largest absolute Gasteiger partial charge is 0.444 e. The third kappa shape index (κ3) is 13.5. The zero-order valence-corrected chi connectivity index (χ0v) is 12.3. The number of alkyl carbamates (subject to hydrolysis) is 1. The van der Waals surface area contributed by atoms with Crippen LogP contribution in [0.15, 0.2) is 0 Å². The van der Waals surface area contributed by atoms with Gasteiger partial charge >= 0.3 is 6.09 Å². The van der Waals surface area contributed by atoms with Gasteiger partial charge in [0.25, 0.3) is 0 Å². The van der Waals surface area contributed by atoms with E-state index in [1.807, 2.05) is 32.5 Å². The molecule has 0 spiro atoms. The molecule has 0 saturated heterocycles. The number of carbonyl (C=O) groups is 1. The van der Waals surface area contributed by atoms with Crippen LogP contribution in [0.2, 0.25) is 0 Å². The maximum atomic E-state index is 11.3. The number of unbranched alkanes of at least 4 members (excludes halogenated alkanes) is 1. The van der Waals surface area contributed by atoms with E-state index in [2.05, 4.69) is 16.9 Å². The van der Waals surface area contributed by atoms with E-state index in [0.717, 1.165) is 13.1 Å². The predicted molar refractivity (Wildman–Crippen MR) is 74.7 cm³/mol. The van der Waals surface area contributed by atoms with Crippen LogP contribution in [-0.4, -0.2) is 43.3 Å². The molecule has 102 valence electrons. The lowest BCUT2D eigenvalue weighted by molar-refractivity contribution is 0.0528. The maximum Gasteiger partial charge on any atom is 0.407 e. The van der Waals surface area contributed by atoms with Gasteiger partial charge in [-0.2, -0.15) is 11.8 Å². The maximum absolute atomic E-state index is 11.3. The first-order valence-corrected chi connectivity index (χ1v) is 7.51. The normalized spacial score (nSPS) is 11.3. The Morgan fingerprint density at radius 1 is 1.18 bits per heavy atom. The van der Waals surface area contributed by atoms with Crippen molar-refractivity contribution in [2.75, 3.05) is 31.6 Å². The van der Waals surface area contributed by atoms with E-state index in [9.17, 15) is 4.79 Å². The fourth-order valence-electron chi connectivity index (χ4n) is 1.19. The van der Waals surface area contributed by atoms with Crippen molar-refractivity contribution in [1.82, 2.24) is 10.6 Å². The number of ether oxygens (including phenoxy) is 1. The Morgan fingerprint density at radius 2 is 1.88 bits per heavy atom. The summed E-state index contributed by atoms with van der Waals surface area (Å²) in [6, 6.07) is 0. The van der Waals surface area contributed by atoms with Crippen LogP contribution in [0.25, 0.3) is 0 Å². The number of rotatable bonds is 8. The summed E-state index contributed by atoms with van der Waals surface area (Å²) in [6.45, 7) is 7.98. The summed E-state index contributed by atoms with van der Waals surface area (Å²) in [7, 11) is 0. The smallest absolute Gasteiger partial charge is 0.407 e. The molecule has 1 amide bonds. The second-order valence-corrected chi connectivity index (χ2v) is 5.86. The minimum Gasteiger partial charge on any atom is -0.444 e. The first kappa shape index (κ1) is 16.6. The number of hydrogen-bond acceptors (Lipinski definition) is 4. The minimum atomic E-state index is -0.421. The van der Waals surface area contributed by atoms with E-state index in [0.29, 0.717) is 6.54 Å². The molecule has 5 heteroatoms. The monoisotopic (exact) mass is 262 g/mol. The standard InChI is InChI=1S/C12H26N2O2S/c1-12(2,3)16-11(15)14-9-8-13-7-5-6-10-17-4/h13H,5-10H2,1-4H3,(H,14,15). The van der Waals surface area contributed by atoms with Crippen LogP contribution in [-0.2, 0) is 4.74 Å². The summed E-state index contributed by atoms with van der Waals surface area (Å²) in [5.41, 5.74) is -0.421. The zero-order valence-electron chi connectivity index (χ0n) is 11.5. The molecule has 0 aromatic rings. The van der Waals surface area contributed by atoms with Crippen LogP contribution in [0.3, 0.4) is 0 Å². The van der Waals surface area contributed by atoms with Crippen molar-refractivity contribution >= 4 is 17.9 Å². The topological polar surface area (TPSA) is 50.4 Å². The second kappa shape index (κ2) is 9.59. The van der Waals surface area contributed by atoms with Gasteiger partial charge in [-0.15, -0.1) is 0 Å². The van der Waals surface area contributed by atoms with Crippen molar-refractivity contribution in [3.05, 3.63) is 0 Å². The fraction of sp³-hybridized carbons (Fsp3) is 0.917. The molecule has 0 radical (unpaired) electrons. The first-order chi connectivity index (χ1) is 7.95. The number of nitrogens with one attached hydrogen (secondary N) is 2. The van der Waals surface area contributed by atoms with Gasteiger partial charge < -0.3 is 15.4 Å². The van der Waals surface area contributed by atoms with Crippen LogP contribution < -0.4 is 10.6 Å². The summed E-state index contributed by atoms with van der Waals surface area (Å²) in [4.78, 5) is 11.3. The molecule has 0 atom stereocenters. The molecular weight excluding hydrogens is 236 g/mol. The number of hydrogen-bond donors (Lipinski definition) is 2. The highest BCUT2D eigenvalue weighted by atomic mass is 32.2. The van der Waals surface area contributed by atoms with Gasteiger partial charge in [-0.1, -0.05) is 0 Å². The molecule has 17 heavy (non-hydrogen) atoms. The molecule has 4 nitrogen and oxygen atoms in total. The summed E-state index contributed by atoms with van der Waals surface area (Å²) in [5, 5.41) is 6.00. The van der Waals surface area contributed by atoms with E-state index in [1.54, 1.807) is 0 Å². The fourth-order valence-corrected chi connectivity index (χ4v) is 1.68. The molecule has 0 aliphatic rings. The van der Waals surface area contributed by atoms with Crippen molar-refractivity contribution in [2.45, 2.75) is 39.2 Å². The van der Waals surface area contributed by atoms with Crippen LogP contribution in [0, 0.1) is 0 Å². The van der Waals surface area contributed by atoms with Crippen LogP contribution in [0.5, 0.6) is 0 Å². The SMILES string of the molecule is CSCCCCNCCNC(=O)OC(C)(C)C. The van der Waals surface area contributed by atoms with Crippen molar-refractivity contribution in [1.29, 1.82) is 0 Å². The summed E-state index contributed by atoms with van der Waals surface area (Å²) >= 11 is 1.88. The van der Waals surface area contributed by atoms with E-state index < -0.39 is 5.60 Å². The van der Waals surface area contributed by atoms with Crippen molar-refractivity contribution < 1.29 is 9.53 Å². The van der Waals surface area contributed by atoms with E-state index in [4.69, 9.17) is 4.74 Å². The Morgan fingerprint density at radius 3 is 2.47 bits per heavy atom. The Bertz CT molecular complexity index is 205. The van der Waals surface area contributed by atoms with Gasteiger partial charge in [0.15, 0.2) is 0 Å². The molecule has 0 aromatic carbocycles. The summed E-state index contributed by atoms with van der Waals surface area (Å²) in [6.07, 6.45) is 4.21. The lowest BCUT2D eigenvalue weighted by atomic mass is 10.2. The second-order valence-electron chi connectivity index (χ2n) is 4.88. The quantitative estimate of drug-likeness (QED) is 0.659. The molecule has 2 N–H and O–H groups in total. The molecule has 0 aliphatic carbocycles. The molecule has 0 fully saturated rings. The van der Waals surface area contributed by atoms with Gasteiger partial charge in [0.1, 0.15) is 5.60 Å². The molecule has 0 rings (SSSR count). The van der Waals surface area contributed by atoms with Crippen LogP contribution in [0.4, 0.5) is 4.79 Å². The Kier molecular flexibility index (Phi) is 9.36.